The van der Waals surface area contributed by atoms with Crippen LogP contribution in [0.5, 0.6) is 0 Å². The Morgan fingerprint density at radius 2 is 2.06 bits per heavy atom. The van der Waals surface area contributed by atoms with Gasteiger partial charge >= 0.3 is 0 Å². The van der Waals surface area contributed by atoms with E-state index in [-0.39, 0.29) is 0 Å². The molecule has 2 saturated heterocycles. The van der Waals surface area contributed by atoms with Gasteiger partial charge in [0.2, 0.25) is 0 Å². The fourth-order valence-electron chi connectivity index (χ4n) is 3.03. The van der Waals surface area contributed by atoms with E-state index in [0.717, 1.165) is 25.7 Å². The average molecular weight is 237 g/mol. The van der Waals surface area contributed by atoms with Crippen LogP contribution in [0, 0.1) is 0 Å². The van der Waals surface area contributed by atoms with Crippen LogP contribution in [0.2, 0.25) is 0 Å². The minimum atomic E-state index is 0.824. The van der Waals surface area contributed by atoms with Gasteiger partial charge in [-0.3, -0.25) is 9.80 Å². The second-order valence-corrected chi connectivity index (χ2v) is 5.45. The van der Waals surface area contributed by atoms with E-state index in [9.17, 15) is 0 Å². The molecule has 0 amide bonds. The first kappa shape index (κ1) is 13.1. The van der Waals surface area contributed by atoms with Gasteiger partial charge in [-0.15, -0.1) is 0 Å². The normalized spacial score (nSPS) is 26.8. The van der Waals surface area contributed by atoms with E-state index in [2.05, 4.69) is 28.6 Å². The predicted molar refractivity (Wildman–Crippen MR) is 73.3 cm³/mol. The lowest BCUT2D eigenvalue weighted by Gasteiger charge is -2.24. The summed E-state index contributed by atoms with van der Waals surface area (Å²) >= 11 is 0. The molecule has 0 aromatic heterocycles. The maximum absolute atomic E-state index is 4.16. The third-order valence-corrected chi connectivity index (χ3v) is 3.98. The molecule has 3 heteroatoms. The molecule has 98 valence electrons. The van der Waals surface area contributed by atoms with Gasteiger partial charge in [-0.05, 0) is 44.5 Å². The van der Waals surface area contributed by atoms with Crippen LogP contribution in [0.4, 0.5) is 0 Å². The topological polar surface area (TPSA) is 18.5 Å². The van der Waals surface area contributed by atoms with Gasteiger partial charge in [-0.2, -0.15) is 0 Å². The number of likely N-dealkylation sites (tertiary alicyclic amines) is 2. The molecule has 17 heavy (non-hydrogen) atoms. The molecule has 0 aromatic rings. The van der Waals surface area contributed by atoms with Crippen molar-refractivity contribution in [3.63, 3.8) is 0 Å². The summed E-state index contributed by atoms with van der Waals surface area (Å²) in [7, 11) is 0. The fraction of sp³-hybridized carbons (Fsp3) is 0.857. The van der Waals surface area contributed by atoms with Crippen molar-refractivity contribution in [3.8, 4) is 0 Å². The number of rotatable bonds is 6. The van der Waals surface area contributed by atoms with Gasteiger partial charge in [0.25, 0.3) is 0 Å². The van der Waals surface area contributed by atoms with E-state index in [1.54, 1.807) is 0 Å². The maximum Gasteiger partial charge on any atom is 0.0235 e. The largest absolute Gasteiger partial charge is 0.313 e. The Morgan fingerprint density at radius 3 is 2.76 bits per heavy atom. The van der Waals surface area contributed by atoms with Gasteiger partial charge < -0.3 is 5.32 Å². The van der Waals surface area contributed by atoms with E-state index in [4.69, 9.17) is 0 Å². The van der Waals surface area contributed by atoms with Crippen LogP contribution < -0.4 is 5.32 Å². The first-order chi connectivity index (χ1) is 8.29. The molecule has 3 nitrogen and oxygen atoms in total. The predicted octanol–water partition coefficient (Wildman–Crippen LogP) is 1.32. The molecule has 0 radical (unpaired) electrons. The molecule has 0 aromatic carbocycles. The van der Waals surface area contributed by atoms with Crippen LogP contribution >= 0.6 is 0 Å². The van der Waals surface area contributed by atoms with Crippen molar-refractivity contribution < 1.29 is 0 Å². The van der Waals surface area contributed by atoms with Crippen LogP contribution in [-0.2, 0) is 0 Å². The van der Waals surface area contributed by atoms with E-state index < -0.39 is 0 Å². The molecule has 1 atom stereocenters. The first-order valence-corrected chi connectivity index (χ1v) is 7.13. The molecule has 0 aliphatic carbocycles. The second-order valence-electron chi connectivity index (χ2n) is 5.45. The van der Waals surface area contributed by atoms with Crippen LogP contribution in [-0.4, -0.2) is 61.7 Å². The van der Waals surface area contributed by atoms with E-state index in [1.807, 2.05) is 0 Å². The van der Waals surface area contributed by atoms with Crippen molar-refractivity contribution in [2.24, 2.45) is 0 Å². The van der Waals surface area contributed by atoms with Gasteiger partial charge in [0, 0.05) is 32.2 Å². The monoisotopic (exact) mass is 237 g/mol. The first-order valence-electron chi connectivity index (χ1n) is 7.13. The molecule has 1 N–H and O–H groups in total. The Bertz CT molecular complexity index is 246. The maximum atomic E-state index is 4.16. The smallest absolute Gasteiger partial charge is 0.0235 e. The Hall–Kier alpha value is -0.380. The lowest BCUT2D eigenvalue weighted by Crippen LogP contribution is -2.36. The summed E-state index contributed by atoms with van der Waals surface area (Å²) in [6.07, 6.45) is 4.17. The minimum Gasteiger partial charge on any atom is -0.313 e. The van der Waals surface area contributed by atoms with Crippen molar-refractivity contribution in [1.82, 2.24) is 15.1 Å². The highest BCUT2D eigenvalue weighted by Gasteiger charge is 2.28. The van der Waals surface area contributed by atoms with Gasteiger partial charge in [-0.25, -0.2) is 0 Å². The summed E-state index contributed by atoms with van der Waals surface area (Å²) in [5.41, 5.74) is 1.33. The third-order valence-electron chi connectivity index (χ3n) is 3.98. The average Bonchev–Trinajstić information content (AvgIpc) is 2.95. The number of hydrogen-bond acceptors (Lipinski definition) is 3. The Morgan fingerprint density at radius 1 is 1.29 bits per heavy atom. The van der Waals surface area contributed by atoms with Gasteiger partial charge in [0.1, 0.15) is 0 Å². The molecular formula is C14H27N3. The summed E-state index contributed by atoms with van der Waals surface area (Å²) in [5, 5.41) is 3.35. The highest BCUT2D eigenvalue weighted by molar-refractivity contribution is 5.01. The van der Waals surface area contributed by atoms with Gasteiger partial charge in [0.15, 0.2) is 0 Å². The lowest BCUT2D eigenvalue weighted by atomic mass is 10.2. The van der Waals surface area contributed by atoms with Gasteiger partial charge in [0.05, 0.1) is 0 Å². The number of nitrogens with one attached hydrogen (secondary N) is 1. The Labute approximate surface area is 106 Å². The molecule has 0 spiro atoms. The van der Waals surface area contributed by atoms with Gasteiger partial charge in [-0.1, -0.05) is 13.5 Å². The Balaban J connectivity index is 1.68. The standard InChI is InChI=1S/C14H27N3/c1-3-15-10-13(2)11-16-9-6-14(12-16)17-7-4-5-8-17/h14-15H,2-12H2,1H3. The van der Waals surface area contributed by atoms with Crippen molar-refractivity contribution in [3.05, 3.63) is 12.2 Å². The summed E-state index contributed by atoms with van der Waals surface area (Å²) in [4.78, 5) is 5.26. The van der Waals surface area contributed by atoms with Crippen molar-refractivity contribution in [2.75, 3.05) is 45.8 Å². The van der Waals surface area contributed by atoms with Crippen molar-refractivity contribution >= 4 is 0 Å². The highest BCUT2D eigenvalue weighted by atomic mass is 15.3. The zero-order valence-electron chi connectivity index (χ0n) is 11.2. The van der Waals surface area contributed by atoms with Crippen LogP contribution in [0.1, 0.15) is 26.2 Å². The molecule has 2 fully saturated rings. The van der Waals surface area contributed by atoms with E-state index in [1.165, 1.54) is 51.0 Å². The van der Waals surface area contributed by atoms with Crippen LogP contribution in [0.25, 0.3) is 0 Å². The van der Waals surface area contributed by atoms with Crippen LogP contribution in [0.15, 0.2) is 12.2 Å². The number of nitrogens with zero attached hydrogens (tertiary/aromatic N) is 2. The molecule has 2 aliphatic rings. The number of likely N-dealkylation sites (N-methyl/N-ethyl adjacent to an activating group) is 1. The SMILES string of the molecule is C=C(CNCC)CN1CCC(N2CCCC2)C1. The van der Waals surface area contributed by atoms with E-state index >= 15 is 0 Å². The molecule has 1 unspecified atom stereocenters. The van der Waals surface area contributed by atoms with Crippen molar-refractivity contribution in [2.45, 2.75) is 32.2 Å². The molecule has 0 saturated carbocycles. The quantitative estimate of drug-likeness (QED) is 0.703. The molecule has 2 aliphatic heterocycles. The molecule has 2 heterocycles. The zero-order valence-corrected chi connectivity index (χ0v) is 11.2. The molecule has 0 bridgehead atoms. The summed E-state index contributed by atoms with van der Waals surface area (Å²) < 4.78 is 0. The third kappa shape index (κ3) is 3.80. The van der Waals surface area contributed by atoms with E-state index in [0.29, 0.717) is 0 Å². The molecule has 2 rings (SSSR count). The highest BCUT2D eigenvalue weighted by Crippen LogP contribution is 2.20. The zero-order chi connectivity index (χ0) is 12.1. The summed E-state index contributed by atoms with van der Waals surface area (Å²) in [6, 6.07) is 0.824. The summed E-state index contributed by atoms with van der Waals surface area (Å²) in [5.74, 6) is 0. The number of hydrogen-bond donors (Lipinski definition) is 1. The lowest BCUT2D eigenvalue weighted by molar-refractivity contribution is 0.236. The molecular weight excluding hydrogens is 210 g/mol. The van der Waals surface area contributed by atoms with Crippen LogP contribution in [0.3, 0.4) is 0 Å². The van der Waals surface area contributed by atoms with Crippen molar-refractivity contribution in [1.29, 1.82) is 0 Å². The second kappa shape index (κ2) is 6.53. The summed E-state index contributed by atoms with van der Waals surface area (Å²) in [6.45, 7) is 14.6. The Kier molecular flexibility index (Phi) is 5.01. The minimum absolute atomic E-state index is 0.824. The fourth-order valence-corrected chi connectivity index (χ4v) is 3.03.